The van der Waals surface area contributed by atoms with Gasteiger partial charge in [0, 0.05) is 18.0 Å². The van der Waals surface area contributed by atoms with Crippen LogP contribution < -0.4 is 10.1 Å². The minimum Gasteiger partial charge on any atom is -0.508 e. The molecule has 2 aromatic rings. The zero-order valence-electron chi connectivity index (χ0n) is 17.6. The van der Waals surface area contributed by atoms with Crippen LogP contribution in [0.5, 0.6) is 11.5 Å². The zero-order valence-corrected chi connectivity index (χ0v) is 17.6. The van der Waals surface area contributed by atoms with Crippen molar-refractivity contribution in [2.24, 2.45) is 0 Å². The molecule has 0 aliphatic heterocycles. The SMILES string of the molecule is COc1cccc2c1C(NC(=O)CC[C@H](Cc1ccc(O)cc1)N(C)C)CCC2. The molecule has 2 atom stereocenters. The number of amides is 1. The molecular weight excluding hydrogens is 364 g/mol. The van der Waals surface area contributed by atoms with E-state index < -0.39 is 0 Å². The predicted octanol–water partition coefficient (Wildman–Crippen LogP) is 3.85. The van der Waals surface area contributed by atoms with Gasteiger partial charge in [-0.3, -0.25) is 4.79 Å². The van der Waals surface area contributed by atoms with E-state index in [9.17, 15) is 9.90 Å². The molecule has 2 aromatic carbocycles. The van der Waals surface area contributed by atoms with Crippen molar-refractivity contribution in [1.82, 2.24) is 10.2 Å². The average molecular weight is 397 g/mol. The third-order valence-electron chi connectivity index (χ3n) is 5.84. The van der Waals surface area contributed by atoms with E-state index in [1.165, 1.54) is 5.56 Å². The lowest BCUT2D eigenvalue weighted by Gasteiger charge is -2.29. The minimum atomic E-state index is 0.0253. The number of benzene rings is 2. The van der Waals surface area contributed by atoms with Crippen LogP contribution >= 0.6 is 0 Å². The van der Waals surface area contributed by atoms with Crippen LogP contribution in [0.3, 0.4) is 0 Å². The van der Waals surface area contributed by atoms with Crippen molar-refractivity contribution in [2.45, 2.75) is 50.6 Å². The summed E-state index contributed by atoms with van der Waals surface area (Å²) in [6, 6.07) is 13.7. The third-order valence-corrected chi connectivity index (χ3v) is 5.84. The van der Waals surface area contributed by atoms with E-state index in [0.29, 0.717) is 6.42 Å². The zero-order chi connectivity index (χ0) is 20.8. The standard InChI is InChI=1S/C24H32N2O3/c1-26(2)19(16-17-10-13-20(27)14-11-17)12-15-23(28)25-21-8-4-6-18-7-5-9-22(29-3)24(18)21/h5,7,9-11,13-14,19,21,27H,4,6,8,12,15-16H2,1-3H3,(H,25,28)/t19-,21?/m1/s1. The highest BCUT2D eigenvalue weighted by Crippen LogP contribution is 2.36. The molecule has 0 radical (unpaired) electrons. The highest BCUT2D eigenvalue weighted by Gasteiger charge is 2.25. The Morgan fingerprint density at radius 1 is 1.24 bits per heavy atom. The molecule has 1 unspecified atom stereocenters. The van der Waals surface area contributed by atoms with Crippen molar-refractivity contribution in [3.8, 4) is 11.5 Å². The van der Waals surface area contributed by atoms with Gasteiger partial charge in [-0.2, -0.15) is 0 Å². The summed E-state index contributed by atoms with van der Waals surface area (Å²) in [5, 5.41) is 12.7. The lowest BCUT2D eigenvalue weighted by Crippen LogP contribution is -2.34. The first kappa shape index (κ1) is 21.2. The van der Waals surface area contributed by atoms with Crippen LogP contribution in [-0.2, 0) is 17.6 Å². The fourth-order valence-corrected chi connectivity index (χ4v) is 4.18. The Morgan fingerprint density at radius 3 is 2.69 bits per heavy atom. The maximum absolute atomic E-state index is 12.7. The second-order valence-electron chi connectivity index (χ2n) is 8.07. The molecule has 1 aliphatic carbocycles. The minimum absolute atomic E-state index is 0.0253. The Balaban J connectivity index is 1.60. The monoisotopic (exact) mass is 396 g/mol. The largest absolute Gasteiger partial charge is 0.508 e. The van der Waals surface area contributed by atoms with Gasteiger partial charge in [-0.15, -0.1) is 0 Å². The maximum Gasteiger partial charge on any atom is 0.220 e. The normalized spacial score (nSPS) is 16.9. The van der Waals surface area contributed by atoms with Gasteiger partial charge >= 0.3 is 0 Å². The molecule has 0 spiro atoms. The van der Waals surface area contributed by atoms with Gasteiger partial charge in [0.05, 0.1) is 13.2 Å². The number of phenols is 1. The number of nitrogens with zero attached hydrogens (tertiary/aromatic N) is 1. The van der Waals surface area contributed by atoms with Gasteiger partial charge in [0.1, 0.15) is 11.5 Å². The van der Waals surface area contributed by atoms with Crippen LogP contribution in [0, 0.1) is 0 Å². The van der Waals surface area contributed by atoms with Gasteiger partial charge in [-0.05, 0) is 75.5 Å². The quantitative estimate of drug-likeness (QED) is 0.712. The predicted molar refractivity (Wildman–Crippen MR) is 115 cm³/mol. The molecule has 0 fully saturated rings. The Labute approximate surface area is 173 Å². The number of aryl methyl sites for hydroxylation is 1. The number of methoxy groups -OCH3 is 1. The summed E-state index contributed by atoms with van der Waals surface area (Å²) in [7, 11) is 5.78. The van der Waals surface area contributed by atoms with Crippen molar-refractivity contribution < 1.29 is 14.6 Å². The van der Waals surface area contributed by atoms with E-state index in [0.717, 1.165) is 49.0 Å². The number of ether oxygens (including phenoxy) is 1. The van der Waals surface area contributed by atoms with Crippen LogP contribution in [-0.4, -0.2) is 43.2 Å². The van der Waals surface area contributed by atoms with Crippen molar-refractivity contribution >= 4 is 5.91 Å². The lowest BCUT2D eigenvalue weighted by molar-refractivity contribution is -0.122. The maximum atomic E-state index is 12.7. The number of aromatic hydroxyl groups is 1. The molecule has 0 saturated heterocycles. The van der Waals surface area contributed by atoms with Gasteiger partial charge in [0.2, 0.25) is 5.91 Å². The van der Waals surface area contributed by atoms with Gasteiger partial charge in [0.25, 0.3) is 0 Å². The summed E-state index contributed by atoms with van der Waals surface area (Å²) in [6.45, 7) is 0. The van der Waals surface area contributed by atoms with Crippen molar-refractivity contribution in [2.75, 3.05) is 21.2 Å². The highest BCUT2D eigenvalue weighted by molar-refractivity contribution is 5.76. The summed E-state index contributed by atoms with van der Waals surface area (Å²) in [5.74, 6) is 1.23. The molecule has 5 nitrogen and oxygen atoms in total. The number of likely N-dealkylation sites (N-methyl/N-ethyl adjacent to an activating group) is 1. The first-order chi connectivity index (χ1) is 14.0. The van der Waals surface area contributed by atoms with Crippen LogP contribution in [0.4, 0.5) is 0 Å². The molecule has 0 heterocycles. The first-order valence-corrected chi connectivity index (χ1v) is 10.4. The number of hydrogen-bond donors (Lipinski definition) is 2. The Hall–Kier alpha value is -2.53. The molecule has 156 valence electrons. The van der Waals surface area contributed by atoms with Crippen LogP contribution in [0.25, 0.3) is 0 Å². The average Bonchev–Trinajstić information content (AvgIpc) is 2.72. The van der Waals surface area contributed by atoms with Crippen LogP contribution in [0.1, 0.15) is 48.4 Å². The lowest BCUT2D eigenvalue weighted by atomic mass is 9.87. The smallest absolute Gasteiger partial charge is 0.220 e. The number of hydrogen-bond acceptors (Lipinski definition) is 4. The van der Waals surface area contributed by atoms with E-state index in [-0.39, 0.29) is 23.7 Å². The Morgan fingerprint density at radius 2 is 2.00 bits per heavy atom. The van der Waals surface area contributed by atoms with Crippen molar-refractivity contribution in [3.05, 3.63) is 59.2 Å². The summed E-state index contributed by atoms with van der Waals surface area (Å²) in [4.78, 5) is 14.9. The second-order valence-corrected chi connectivity index (χ2v) is 8.07. The fourth-order valence-electron chi connectivity index (χ4n) is 4.18. The van der Waals surface area contributed by atoms with Gasteiger partial charge in [-0.25, -0.2) is 0 Å². The van der Waals surface area contributed by atoms with Crippen LogP contribution in [0.15, 0.2) is 42.5 Å². The molecular formula is C24H32N2O3. The number of fused-ring (bicyclic) bond motifs is 1. The molecule has 29 heavy (non-hydrogen) atoms. The Kier molecular flexibility index (Phi) is 7.15. The molecule has 0 aromatic heterocycles. The van der Waals surface area contributed by atoms with Crippen LogP contribution in [0.2, 0.25) is 0 Å². The fraction of sp³-hybridized carbons (Fsp3) is 0.458. The van der Waals surface area contributed by atoms with Gasteiger partial charge < -0.3 is 20.1 Å². The molecule has 1 amide bonds. The van der Waals surface area contributed by atoms with Gasteiger partial charge in [0.15, 0.2) is 0 Å². The number of carbonyl (C=O) groups is 1. The van der Waals surface area contributed by atoms with E-state index in [4.69, 9.17) is 4.74 Å². The second kappa shape index (κ2) is 9.79. The summed E-state index contributed by atoms with van der Waals surface area (Å²) in [6.07, 6.45) is 5.18. The molecule has 0 bridgehead atoms. The molecule has 2 N–H and O–H groups in total. The highest BCUT2D eigenvalue weighted by atomic mass is 16.5. The van der Waals surface area contributed by atoms with E-state index >= 15 is 0 Å². The first-order valence-electron chi connectivity index (χ1n) is 10.4. The third kappa shape index (κ3) is 5.51. The molecule has 1 aliphatic rings. The van der Waals surface area contributed by atoms with E-state index in [1.807, 2.05) is 38.4 Å². The summed E-state index contributed by atoms with van der Waals surface area (Å²) < 4.78 is 5.55. The number of phenolic OH excluding ortho intramolecular Hbond substituents is 1. The van der Waals surface area contributed by atoms with Crippen molar-refractivity contribution in [1.29, 1.82) is 0 Å². The number of nitrogens with one attached hydrogen (secondary N) is 1. The molecule has 0 saturated carbocycles. The summed E-state index contributed by atoms with van der Waals surface area (Å²) >= 11 is 0. The van der Waals surface area contributed by atoms with E-state index in [1.54, 1.807) is 19.2 Å². The Bertz CT molecular complexity index is 803. The number of rotatable bonds is 8. The molecule has 5 heteroatoms. The van der Waals surface area contributed by atoms with E-state index in [2.05, 4.69) is 16.3 Å². The topological polar surface area (TPSA) is 61.8 Å². The van der Waals surface area contributed by atoms with Crippen molar-refractivity contribution in [3.63, 3.8) is 0 Å². The number of carbonyl (C=O) groups excluding carboxylic acids is 1. The summed E-state index contributed by atoms with van der Waals surface area (Å²) in [5.41, 5.74) is 3.58. The molecule has 3 rings (SSSR count). The van der Waals surface area contributed by atoms with Gasteiger partial charge in [-0.1, -0.05) is 24.3 Å².